The predicted octanol–water partition coefficient (Wildman–Crippen LogP) is 4.39. The van der Waals surface area contributed by atoms with Gasteiger partial charge in [-0.2, -0.15) is 0 Å². The van der Waals surface area contributed by atoms with Gasteiger partial charge in [-0.05, 0) is 23.1 Å². The first-order valence-electron chi connectivity index (χ1n) is 7.21. The van der Waals surface area contributed by atoms with Gasteiger partial charge in [0.05, 0.1) is 5.92 Å². The summed E-state index contributed by atoms with van der Waals surface area (Å²) in [6.07, 6.45) is 0.803. The van der Waals surface area contributed by atoms with Gasteiger partial charge in [0, 0.05) is 11.9 Å². The molecule has 1 unspecified atom stereocenters. The largest absolute Gasteiger partial charge is 0.351 e. The fourth-order valence-corrected chi connectivity index (χ4v) is 2.74. The number of amides is 1. The zero-order valence-corrected chi connectivity index (χ0v) is 13.8. The Labute approximate surface area is 134 Å². The van der Waals surface area contributed by atoms with Crippen molar-refractivity contribution in [2.24, 2.45) is 0 Å². The van der Waals surface area contributed by atoms with Crippen LogP contribution >= 0.6 is 15.9 Å². The summed E-state index contributed by atoms with van der Waals surface area (Å²) in [4.78, 5) is 12.4. The standard InChI is InChI=1S/C18H20BrNO/c1-2-17(16-9-4-3-5-10-16)18(21)20-13-15-8-6-7-14(11-15)12-19/h3-11,17H,2,12-13H2,1H3,(H,20,21). The van der Waals surface area contributed by atoms with Crippen molar-refractivity contribution < 1.29 is 4.79 Å². The smallest absolute Gasteiger partial charge is 0.227 e. The van der Waals surface area contributed by atoms with Crippen molar-refractivity contribution >= 4 is 21.8 Å². The lowest BCUT2D eigenvalue weighted by Crippen LogP contribution is -2.28. The highest BCUT2D eigenvalue weighted by atomic mass is 79.9. The third kappa shape index (κ3) is 4.43. The van der Waals surface area contributed by atoms with Crippen molar-refractivity contribution in [3.05, 3.63) is 71.3 Å². The Kier molecular flexibility index (Phi) is 6.00. The highest BCUT2D eigenvalue weighted by Crippen LogP contribution is 2.19. The number of carbonyl (C=O) groups excluding carboxylic acids is 1. The van der Waals surface area contributed by atoms with Crippen LogP contribution in [-0.4, -0.2) is 5.91 Å². The second-order valence-electron chi connectivity index (χ2n) is 5.04. The number of hydrogen-bond donors (Lipinski definition) is 1. The van der Waals surface area contributed by atoms with Crippen molar-refractivity contribution in [2.75, 3.05) is 0 Å². The molecule has 1 amide bonds. The minimum Gasteiger partial charge on any atom is -0.351 e. The van der Waals surface area contributed by atoms with E-state index in [4.69, 9.17) is 0 Å². The van der Waals surface area contributed by atoms with Gasteiger partial charge in [0.1, 0.15) is 0 Å². The molecule has 0 heterocycles. The van der Waals surface area contributed by atoms with Gasteiger partial charge < -0.3 is 5.32 Å². The molecular weight excluding hydrogens is 326 g/mol. The summed E-state index contributed by atoms with van der Waals surface area (Å²) in [6.45, 7) is 2.62. The summed E-state index contributed by atoms with van der Waals surface area (Å²) in [5.74, 6) is 0.0125. The maximum atomic E-state index is 12.4. The zero-order chi connectivity index (χ0) is 15.1. The van der Waals surface area contributed by atoms with Gasteiger partial charge in [0.15, 0.2) is 0 Å². The van der Waals surface area contributed by atoms with E-state index in [0.29, 0.717) is 6.54 Å². The van der Waals surface area contributed by atoms with Crippen LogP contribution in [0.5, 0.6) is 0 Å². The molecule has 1 N–H and O–H groups in total. The van der Waals surface area contributed by atoms with Crippen LogP contribution in [-0.2, 0) is 16.7 Å². The summed E-state index contributed by atoms with van der Waals surface area (Å²) >= 11 is 3.45. The molecule has 0 fully saturated rings. The van der Waals surface area contributed by atoms with Crippen molar-refractivity contribution in [1.82, 2.24) is 5.32 Å². The van der Waals surface area contributed by atoms with E-state index in [1.807, 2.05) is 49.4 Å². The van der Waals surface area contributed by atoms with E-state index in [1.54, 1.807) is 0 Å². The number of benzene rings is 2. The van der Waals surface area contributed by atoms with Crippen LogP contribution in [0.2, 0.25) is 0 Å². The first-order chi connectivity index (χ1) is 10.2. The quantitative estimate of drug-likeness (QED) is 0.772. The fourth-order valence-electron chi connectivity index (χ4n) is 2.39. The Balaban J connectivity index is 2.00. The third-order valence-electron chi connectivity index (χ3n) is 3.54. The molecular formula is C18H20BrNO. The summed E-state index contributed by atoms with van der Waals surface area (Å²) in [7, 11) is 0. The van der Waals surface area contributed by atoms with Gasteiger partial charge in [-0.15, -0.1) is 0 Å². The third-order valence-corrected chi connectivity index (χ3v) is 4.19. The van der Waals surface area contributed by atoms with Crippen LogP contribution < -0.4 is 5.32 Å². The highest BCUT2D eigenvalue weighted by Gasteiger charge is 2.17. The van der Waals surface area contributed by atoms with Crippen LogP contribution in [0.25, 0.3) is 0 Å². The van der Waals surface area contributed by atoms with E-state index >= 15 is 0 Å². The number of rotatable bonds is 6. The SMILES string of the molecule is CCC(C(=O)NCc1cccc(CBr)c1)c1ccccc1. The molecule has 2 nitrogen and oxygen atoms in total. The highest BCUT2D eigenvalue weighted by molar-refractivity contribution is 9.08. The number of carbonyl (C=O) groups is 1. The Morgan fingerprint density at radius 1 is 1.10 bits per heavy atom. The van der Waals surface area contributed by atoms with E-state index in [1.165, 1.54) is 5.56 Å². The van der Waals surface area contributed by atoms with Crippen molar-refractivity contribution in [1.29, 1.82) is 0 Å². The van der Waals surface area contributed by atoms with Gasteiger partial charge in [0.25, 0.3) is 0 Å². The monoisotopic (exact) mass is 345 g/mol. The number of nitrogens with one attached hydrogen (secondary N) is 1. The Bertz CT molecular complexity index is 583. The summed E-state index contributed by atoms with van der Waals surface area (Å²) in [5.41, 5.74) is 3.42. The van der Waals surface area contributed by atoms with Gasteiger partial charge in [-0.3, -0.25) is 4.79 Å². The average Bonchev–Trinajstić information content (AvgIpc) is 2.55. The van der Waals surface area contributed by atoms with Gasteiger partial charge in [0.2, 0.25) is 5.91 Å². The van der Waals surface area contributed by atoms with Gasteiger partial charge >= 0.3 is 0 Å². The molecule has 3 heteroatoms. The predicted molar refractivity (Wildman–Crippen MR) is 90.4 cm³/mol. The molecule has 0 saturated carbocycles. The first-order valence-corrected chi connectivity index (χ1v) is 8.33. The second kappa shape index (κ2) is 7.99. The van der Waals surface area contributed by atoms with Gasteiger partial charge in [-0.1, -0.05) is 77.5 Å². The Morgan fingerprint density at radius 2 is 1.81 bits per heavy atom. The zero-order valence-electron chi connectivity index (χ0n) is 12.2. The molecule has 0 aliphatic rings. The van der Waals surface area contributed by atoms with Crippen LogP contribution in [0.15, 0.2) is 54.6 Å². The average molecular weight is 346 g/mol. The van der Waals surface area contributed by atoms with Crippen LogP contribution in [0.3, 0.4) is 0 Å². The normalized spacial score (nSPS) is 11.9. The van der Waals surface area contributed by atoms with Gasteiger partial charge in [-0.25, -0.2) is 0 Å². The molecule has 0 bridgehead atoms. The van der Waals surface area contributed by atoms with Crippen LogP contribution in [0.1, 0.15) is 36.0 Å². The summed E-state index contributed by atoms with van der Waals surface area (Å²) in [5, 5.41) is 3.88. The molecule has 110 valence electrons. The topological polar surface area (TPSA) is 29.1 Å². The minimum atomic E-state index is -0.0782. The van der Waals surface area contributed by atoms with Crippen molar-refractivity contribution in [3.63, 3.8) is 0 Å². The molecule has 0 spiro atoms. The summed E-state index contributed by atoms with van der Waals surface area (Å²) < 4.78 is 0. The second-order valence-corrected chi connectivity index (χ2v) is 5.60. The maximum Gasteiger partial charge on any atom is 0.227 e. The van der Waals surface area contributed by atoms with E-state index in [9.17, 15) is 4.79 Å². The van der Waals surface area contributed by atoms with E-state index in [-0.39, 0.29) is 11.8 Å². The molecule has 0 radical (unpaired) electrons. The number of alkyl halides is 1. The maximum absolute atomic E-state index is 12.4. The van der Waals surface area contributed by atoms with Crippen LogP contribution in [0, 0.1) is 0 Å². The molecule has 1 atom stereocenters. The lowest BCUT2D eigenvalue weighted by Gasteiger charge is -2.15. The fraction of sp³-hybridized carbons (Fsp3) is 0.278. The molecule has 0 aromatic heterocycles. The number of hydrogen-bond acceptors (Lipinski definition) is 1. The molecule has 21 heavy (non-hydrogen) atoms. The molecule has 2 rings (SSSR count). The molecule has 2 aromatic rings. The van der Waals surface area contributed by atoms with Crippen molar-refractivity contribution in [2.45, 2.75) is 31.1 Å². The molecule has 0 saturated heterocycles. The minimum absolute atomic E-state index is 0.0782. The molecule has 0 aliphatic heterocycles. The summed E-state index contributed by atoms with van der Waals surface area (Å²) in [6, 6.07) is 18.2. The Hall–Kier alpha value is -1.61. The van der Waals surface area contributed by atoms with Crippen molar-refractivity contribution in [3.8, 4) is 0 Å². The molecule has 2 aromatic carbocycles. The number of halogens is 1. The van der Waals surface area contributed by atoms with E-state index in [2.05, 4.69) is 33.4 Å². The lowest BCUT2D eigenvalue weighted by molar-refractivity contribution is -0.122. The lowest BCUT2D eigenvalue weighted by atomic mass is 9.95. The Morgan fingerprint density at radius 3 is 2.48 bits per heavy atom. The van der Waals surface area contributed by atoms with E-state index in [0.717, 1.165) is 22.9 Å². The van der Waals surface area contributed by atoms with E-state index < -0.39 is 0 Å². The van der Waals surface area contributed by atoms with Crippen LogP contribution in [0.4, 0.5) is 0 Å². The first kappa shape index (κ1) is 15.8. The molecule has 0 aliphatic carbocycles.